The third-order valence-corrected chi connectivity index (χ3v) is 3.22. The minimum Gasteiger partial charge on any atom is -0.381 e. The normalized spacial score (nSPS) is 10.5. The van der Waals surface area contributed by atoms with Crippen molar-refractivity contribution >= 4 is 11.6 Å². The van der Waals surface area contributed by atoms with Gasteiger partial charge in [0.2, 0.25) is 5.91 Å². The molecule has 0 bridgehead atoms. The number of aryl methyl sites for hydroxylation is 1. The second kappa shape index (κ2) is 6.23. The Hall–Kier alpha value is -2.30. The summed E-state index contributed by atoms with van der Waals surface area (Å²) in [5.74, 6) is -0.401. The lowest BCUT2D eigenvalue weighted by Gasteiger charge is -2.10. The van der Waals surface area contributed by atoms with Gasteiger partial charge in [-0.1, -0.05) is 13.0 Å². The third kappa shape index (κ3) is 3.17. The van der Waals surface area contributed by atoms with Gasteiger partial charge in [-0.15, -0.1) is 0 Å². The molecule has 0 aliphatic carbocycles. The Morgan fingerprint density at radius 2 is 2.25 bits per heavy atom. The van der Waals surface area contributed by atoms with Crippen LogP contribution in [0.4, 0.5) is 5.69 Å². The standard InChI is InChI=1S/C15H20N4O/c1-3-7-19-10-12(9-18-19)8-17-14-6-4-5-13(11(14)2)15(16)20/h4-6,9-10,17H,3,7-8H2,1-2H3,(H2,16,20). The number of nitrogens with one attached hydrogen (secondary N) is 1. The molecule has 1 heterocycles. The monoisotopic (exact) mass is 272 g/mol. The largest absolute Gasteiger partial charge is 0.381 e. The fraction of sp³-hybridized carbons (Fsp3) is 0.333. The highest BCUT2D eigenvalue weighted by Crippen LogP contribution is 2.19. The number of amides is 1. The number of nitrogens with two attached hydrogens (primary N) is 1. The van der Waals surface area contributed by atoms with Crippen LogP contribution in [0.25, 0.3) is 0 Å². The highest BCUT2D eigenvalue weighted by Gasteiger charge is 2.08. The summed E-state index contributed by atoms with van der Waals surface area (Å²) in [6.45, 7) is 5.62. The molecule has 0 saturated heterocycles. The predicted molar refractivity (Wildman–Crippen MR) is 79.5 cm³/mol. The van der Waals surface area contributed by atoms with Crippen molar-refractivity contribution in [1.82, 2.24) is 9.78 Å². The van der Waals surface area contributed by atoms with Crippen molar-refractivity contribution in [2.75, 3.05) is 5.32 Å². The molecule has 20 heavy (non-hydrogen) atoms. The van der Waals surface area contributed by atoms with Crippen molar-refractivity contribution in [2.24, 2.45) is 5.73 Å². The van der Waals surface area contributed by atoms with Crippen LogP contribution in [0.2, 0.25) is 0 Å². The van der Waals surface area contributed by atoms with Gasteiger partial charge in [-0.2, -0.15) is 5.10 Å². The van der Waals surface area contributed by atoms with Crippen molar-refractivity contribution in [3.63, 3.8) is 0 Å². The van der Waals surface area contributed by atoms with E-state index in [1.807, 2.05) is 36.1 Å². The summed E-state index contributed by atoms with van der Waals surface area (Å²) in [5.41, 5.74) is 8.81. The molecule has 1 aromatic heterocycles. The van der Waals surface area contributed by atoms with Crippen LogP contribution < -0.4 is 11.1 Å². The van der Waals surface area contributed by atoms with Gasteiger partial charge in [0.15, 0.2) is 0 Å². The molecule has 5 nitrogen and oxygen atoms in total. The zero-order valence-corrected chi connectivity index (χ0v) is 11.9. The Balaban J connectivity index is 2.06. The Kier molecular flexibility index (Phi) is 4.40. The van der Waals surface area contributed by atoms with Crippen LogP contribution >= 0.6 is 0 Å². The molecule has 0 radical (unpaired) electrons. The van der Waals surface area contributed by atoms with Gasteiger partial charge in [-0.3, -0.25) is 9.48 Å². The maximum absolute atomic E-state index is 11.3. The van der Waals surface area contributed by atoms with Gasteiger partial charge in [-0.25, -0.2) is 0 Å². The van der Waals surface area contributed by atoms with Crippen molar-refractivity contribution in [3.05, 3.63) is 47.3 Å². The average Bonchev–Trinajstić information content (AvgIpc) is 2.85. The van der Waals surface area contributed by atoms with Crippen LogP contribution in [0.1, 0.15) is 34.8 Å². The predicted octanol–water partition coefficient (Wildman–Crippen LogP) is 2.31. The molecule has 1 aromatic carbocycles. The summed E-state index contributed by atoms with van der Waals surface area (Å²) in [5, 5.41) is 7.61. The van der Waals surface area contributed by atoms with E-state index < -0.39 is 5.91 Å². The zero-order chi connectivity index (χ0) is 14.5. The molecular formula is C15H20N4O. The second-order valence-electron chi connectivity index (χ2n) is 4.81. The molecule has 3 N–H and O–H groups in total. The summed E-state index contributed by atoms with van der Waals surface area (Å²) in [4.78, 5) is 11.3. The topological polar surface area (TPSA) is 72.9 Å². The molecule has 0 aliphatic heterocycles. The average molecular weight is 272 g/mol. The fourth-order valence-corrected chi connectivity index (χ4v) is 2.14. The molecule has 0 spiro atoms. The molecule has 1 amide bonds. The van der Waals surface area contributed by atoms with Crippen molar-refractivity contribution < 1.29 is 4.79 Å². The number of hydrogen-bond acceptors (Lipinski definition) is 3. The first kappa shape index (κ1) is 14.1. The lowest BCUT2D eigenvalue weighted by atomic mass is 10.1. The van der Waals surface area contributed by atoms with Crippen LogP contribution in [-0.4, -0.2) is 15.7 Å². The van der Waals surface area contributed by atoms with Gasteiger partial charge in [0.05, 0.1) is 6.20 Å². The van der Waals surface area contributed by atoms with Crippen molar-refractivity contribution in [2.45, 2.75) is 33.4 Å². The number of anilines is 1. The third-order valence-electron chi connectivity index (χ3n) is 3.22. The first-order valence-corrected chi connectivity index (χ1v) is 6.76. The molecule has 0 atom stereocenters. The summed E-state index contributed by atoms with van der Waals surface area (Å²) in [7, 11) is 0. The number of rotatable bonds is 6. The quantitative estimate of drug-likeness (QED) is 0.847. The number of nitrogens with zero attached hydrogens (tertiary/aromatic N) is 2. The molecule has 2 rings (SSSR count). The Labute approximate surface area is 118 Å². The molecule has 0 aliphatic rings. The van der Waals surface area contributed by atoms with E-state index in [0.717, 1.165) is 29.8 Å². The summed E-state index contributed by atoms with van der Waals surface area (Å²) in [6.07, 6.45) is 4.95. The second-order valence-corrected chi connectivity index (χ2v) is 4.81. The molecule has 2 aromatic rings. The van der Waals surface area contributed by atoms with Crippen LogP contribution in [0.15, 0.2) is 30.6 Å². The minimum absolute atomic E-state index is 0.401. The van der Waals surface area contributed by atoms with Crippen molar-refractivity contribution in [3.8, 4) is 0 Å². The van der Waals surface area contributed by atoms with E-state index in [1.54, 1.807) is 6.07 Å². The molecule has 0 unspecified atom stereocenters. The van der Waals surface area contributed by atoms with Crippen LogP contribution in [0.3, 0.4) is 0 Å². The zero-order valence-electron chi connectivity index (χ0n) is 11.9. The molecule has 106 valence electrons. The Morgan fingerprint density at radius 1 is 1.45 bits per heavy atom. The lowest BCUT2D eigenvalue weighted by molar-refractivity contribution is 0.1000. The van der Waals surface area contributed by atoms with E-state index in [-0.39, 0.29) is 0 Å². The highest BCUT2D eigenvalue weighted by atomic mass is 16.1. The van der Waals surface area contributed by atoms with Gasteiger partial charge in [0.25, 0.3) is 0 Å². The van der Waals surface area contributed by atoms with Crippen LogP contribution in [0.5, 0.6) is 0 Å². The van der Waals surface area contributed by atoms with Crippen LogP contribution in [0, 0.1) is 6.92 Å². The molecule has 5 heteroatoms. The Bertz CT molecular complexity index is 604. The first-order valence-electron chi connectivity index (χ1n) is 6.76. The minimum atomic E-state index is -0.401. The van der Waals surface area contributed by atoms with E-state index in [1.165, 1.54) is 0 Å². The summed E-state index contributed by atoms with van der Waals surface area (Å²) in [6, 6.07) is 5.51. The molecular weight excluding hydrogens is 252 g/mol. The fourth-order valence-electron chi connectivity index (χ4n) is 2.14. The van der Waals surface area contributed by atoms with Gasteiger partial charge < -0.3 is 11.1 Å². The maximum Gasteiger partial charge on any atom is 0.249 e. The van der Waals surface area contributed by atoms with Crippen LogP contribution in [-0.2, 0) is 13.1 Å². The number of benzene rings is 1. The van der Waals surface area contributed by atoms with Crippen molar-refractivity contribution in [1.29, 1.82) is 0 Å². The number of hydrogen-bond donors (Lipinski definition) is 2. The number of carbonyl (C=O) groups excluding carboxylic acids is 1. The molecule has 0 saturated carbocycles. The number of carbonyl (C=O) groups is 1. The highest BCUT2D eigenvalue weighted by molar-refractivity contribution is 5.95. The smallest absolute Gasteiger partial charge is 0.249 e. The molecule has 0 fully saturated rings. The van der Waals surface area contributed by atoms with Gasteiger partial charge in [-0.05, 0) is 31.0 Å². The summed E-state index contributed by atoms with van der Waals surface area (Å²) < 4.78 is 1.93. The van der Waals surface area contributed by atoms with E-state index in [9.17, 15) is 4.79 Å². The first-order chi connectivity index (χ1) is 9.61. The van der Waals surface area contributed by atoms with E-state index >= 15 is 0 Å². The van der Waals surface area contributed by atoms with Gasteiger partial charge in [0.1, 0.15) is 0 Å². The maximum atomic E-state index is 11.3. The SMILES string of the molecule is CCCn1cc(CNc2cccc(C(N)=O)c2C)cn1. The van der Waals surface area contributed by atoms with E-state index in [2.05, 4.69) is 17.3 Å². The van der Waals surface area contributed by atoms with Gasteiger partial charge in [0, 0.05) is 36.1 Å². The number of primary amides is 1. The summed E-state index contributed by atoms with van der Waals surface area (Å²) >= 11 is 0. The number of aromatic nitrogens is 2. The Morgan fingerprint density at radius 3 is 2.95 bits per heavy atom. The van der Waals surface area contributed by atoms with Gasteiger partial charge >= 0.3 is 0 Å². The van der Waals surface area contributed by atoms with E-state index in [0.29, 0.717) is 12.1 Å². The lowest BCUT2D eigenvalue weighted by Crippen LogP contribution is -2.13. The van der Waals surface area contributed by atoms with E-state index in [4.69, 9.17) is 5.73 Å².